The number of methoxy groups -OCH3 is 1. The van der Waals surface area contributed by atoms with E-state index < -0.39 is 5.82 Å². The molecule has 0 saturated carbocycles. The van der Waals surface area contributed by atoms with E-state index in [4.69, 9.17) is 32.7 Å². The molecule has 0 aliphatic rings. The van der Waals surface area contributed by atoms with Crippen LogP contribution in [-0.4, -0.2) is 13.7 Å². The Morgan fingerprint density at radius 3 is 2.43 bits per heavy atom. The zero-order valence-corrected chi connectivity index (χ0v) is 17.9. The van der Waals surface area contributed by atoms with Crippen LogP contribution in [-0.2, 0) is 19.6 Å². The van der Waals surface area contributed by atoms with E-state index in [1.807, 2.05) is 6.07 Å². The van der Waals surface area contributed by atoms with Gasteiger partial charge < -0.3 is 14.8 Å². The lowest BCUT2D eigenvalue weighted by molar-refractivity contribution is 0.280. The van der Waals surface area contributed by atoms with Crippen molar-refractivity contribution in [2.45, 2.75) is 19.6 Å². The van der Waals surface area contributed by atoms with Crippen LogP contribution < -0.4 is 14.8 Å². The summed E-state index contributed by atoms with van der Waals surface area (Å²) in [5.74, 6) is 0.0863. The zero-order chi connectivity index (χ0) is 21.5. The molecule has 0 spiro atoms. The van der Waals surface area contributed by atoms with Crippen LogP contribution in [0, 0.1) is 11.6 Å². The van der Waals surface area contributed by atoms with E-state index in [0.717, 1.165) is 5.56 Å². The van der Waals surface area contributed by atoms with Crippen molar-refractivity contribution in [3.63, 3.8) is 0 Å². The van der Waals surface area contributed by atoms with Gasteiger partial charge in [-0.15, -0.1) is 0 Å². The summed E-state index contributed by atoms with van der Waals surface area (Å²) in [6.07, 6.45) is 0.572. The van der Waals surface area contributed by atoms with Gasteiger partial charge in [0.2, 0.25) is 0 Å². The summed E-state index contributed by atoms with van der Waals surface area (Å²) in [7, 11) is 1.50. The molecule has 3 rings (SSSR count). The minimum Gasteiger partial charge on any atom is -0.493 e. The average Bonchev–Trinajstić information content (AvgIpc) is 2.73. The van der Waals surface area contributed by atoms with Gasteiger partial charge in [-0.25, -0.2) is 8.78 Å². The normalized spacial score (nSPS) is 10.8. The third-order valence-corrected chi connectivity index (χ3v) is 5.20. The van der Waals surface area contributed by atoms with E-state index in [1.165, 1.54) is 25.3 Å². The predicted molar refractivity (Wildman–Crippen MR) is 116 cm³/mol. The van der Waals surface area contributed by atoms with Crippen LogP contribution in [0.25, 0.3) is 0 Å². The molecule has 0 aliphatic heterocycles. The molecule has 30 heavy (non-hydrogen) atoms. The number of halogens is 4. The first-order valence-electron chi connectivity index (χ1n) is 9.35. The SMILES string of the molecule is COc1cc(CNCCc2ccccc2F)cc(Cl)c1OCc1c(F)cccc1Cl. The molecule has 0 unspecified atom stereocenters. The number of hydrogen-bond donors (Lipinski definition) is 1. The van der Waals surface area contributed by atoms with Gasteiger partial charge in [0.05, 0.1) is 17.2 Å². The summed E-state index contributed by atoms with van der Waals surface area (Å²) in [6.45, 7) is 1.04. The van der Waals surface area contributed by atoms with Crippen molar-refractivity contribution < 1.29 is 18.3 Å². The van der Waals surface area contributed by atoms with Gasteiger partial charge in [0.15, 0.2) is 11.5 Å². The summed E-state index contributed by atoms with van der Waals surface area (Å²) < 4.78 is 38.7. The van der Waals surface area contributed by atoms with E-state index in [1.54, 1.807) is 30.3 Å². The molecule has 0 aliphatic carbocycles. The fourth-order valence-corrected chi connectivity index (χ4v) is 3.49. The molecule has 158 valence electrons. The highest BCUT2D eigenvalue weighted by Crippen LogP contribution is 2.37. The molecule has 0 aromatic heterocycles. The molecule has 7 heteroatoms. The van der Waals surface area contributed by atoms with Gasteiger partial charge in [0.1, 0.15) is 18.2 Å². The lowest BCUT2D eigenvalue weighted by Gasteiger charge is -2.15. The topological polar surface area (TPSA) is 30.5 Å². The lowest BCUT2D eigenvalue weighted by Crippen LogP contribution is -2.17. The molecule has 0 atom stereocenters. The van der Waals surface area contributed by atoms with Crippen LogP contribution in [0.4, 0.5) is 8.78 Å². The van der Waals surface area contributed by atoms with Crippen molar-refractivity contribution in [3.8, 4) is 11.5 Å². The second-order valence-corrected chi connectivity index (χ2v) is 7.43. The largest absolute Gasteiger partial charge is 0.493 e. The Morgan fingerprint density at radius 1 is 0.933 bits per heavy atom. The zero-order valence-electron chi connectivity index (χ0n) is 16.4. The Hall–Kier alpha value is -2.34. The first-order chi connectivity index (χ1) is 14.5. The molecule has 3 aromatic rings. The van der Waals surface area contributed by atoms with E-state index in [2.05, 4.69) is 5.32 Å². The number of hydrogen-bond acceptors (Lipinski definition) is 3. The van der Waals surface area contributed by atoms with Gasteiger partial charge in [-0.3, -0.25) is 0 Å². The van der Waals surface area contributed by atoms with Gasteiger partial charge in [0.25, 0.3) is 0 Å². The minimum atomic E-state index is -0.451. The van der Waals surface area contributed by atoms with Crippen molar-refractivity contribution in [1.29, 1.82) is 0 Å². The Bertz CT molecular complexity index is 994. The van der Waals surface area contributed by atoms with Crippen molar-refractivity contribution in [2.75, 3.05) is 13.7 Å². The fourth-order valence-electron chi connectivity index (χ4n) is 2.99. The second kappa shape index (κ2) is 10.6. The van der Waals surface area contributed by atoms with Crippen LogP contribution in [0.15, 0.2) is 54.6 Å². The summed E-state index contributed by atoms with van der Waals surface area (Å²) in [5, 5.41) is 3.88. The molecule has 0 amide bonds. The maximum absolute atomic E-state index is 14.0. The van der Waals surface area contributed by atoms with Crippen LogP contribution in [0.3, 0.4) is 0 Å². The quantitative estimate of drug-likeness (QED) is 0.393. The van der Waals surface area contributed by atoms with Crippen LogP contribution in [0.5, 0.6) is 11.5 Å². The maximum Gasteiger partial charge on any atom is 0.180 e. The first-order valence-corrected chi connectivity index (χ1v) is 10.1. The molecule has 0 heterocycles. The Balaban J connectivity index is 1.63. The average molecular weight is 452 g/mol. The van der Waals surface area contributed by atoms with E-state index in [-0.39, 0.29) is 23.0 Å². The van der Waals surface area contributed by atoms with Crippen molar-refractivity contribution >= 4 is 23.2 Å². The number of benzene rings is 3. The Labute approximate surface area is 184 Å². The monoisotopic (exact) mass is 451 g/mol. The van der Waals surface area contributed by atoms with Crippen molar-refractivity contribution in [3.05, 3.63) is 93.0 Å². The van der Waals surface area contributed by atoms with Gasteiger partial charge in [-0.05, 0) is 54.4 Å². The van der Waals surface area contributed by atoms with Crippen LogP contribution in [0.2, 0.25) is 10.0 Å². The lowest BCUT2D eigenvalue weighted by atomic mass is 10.1. The molecule has 3 nitrogen and oxygen atoms in total. The molecule has 1 N–H and O–H groups in total. The fraction of sp³-hybridized carbons (Fsp3) is 0.217. The van der Waals surface area contributed by atoms with Gasteiger partial charge >= 0.3 is 0 Å². The summed E-state index contributed by atoms with van der Waals surface area (Å²) in [5.41, 5.74) is 1.79. The van der Waals surface area contributed by atoms with E-state index >= 15 is 0 Å². The second-order valence-electron chi connectivity index (χ2n) is 6.62. The third kappa shape index (κ3) is 5.63. The smallest absolute Gasteiger partial charge is 0.180 e. The Morgan fingerprint density at radius 2 is 1.70 bits per heavy atom. The van der Waals surface area contributed by atoms with E-state index in [0.29, 0.717) is 41.6 Å². The highest BCUT2D eigenvalue weighted by atomic mass is 35.5. The highest BCUT2D eigenvalue weighted by Gasteiger charge is 2.15. The summed E-state index contributed by atoms with van der Waals surface area (Å²) >= 11 is 12.4. The third-order valence-electron chi connectivity index (χ3n) is 4.57. The standard InChI is InChI=1S/C23H21Cl2F2NO2/c1-29-22-12-15(13-28-10-9-16-5-2-3-7-20(16)26)11-19(25)23(22)30-14-17-18(24)6-4-8-21(17)27/h2-8,11-12,28H,9-10,13-14H2,1H3. The summed E-state index contributed by atoms with van der Waals surface area (Å²) in [6, 6.07) is 14.7. The molecule has 0 fully saturated rings. The Kier molecular flexibility index (Phi) is 7.91. The molecule has 0 radical (unpaired) electrons. The van der Waals surface area contributed by atoms with Crippen molar-refractivity contribution in [2.24, 2.45) is 0 Å². The first kappa shape index (κ1) is 22.3. The van der Waals surface area contributed by atoms with Crippen LogP contribution in [0.1, 0.15) is 16.7 Å². The summed E-state index contributed by atoms with van der Waals surface area (Å²) in [4.78, 5) is 0. The molecular weight excluding hydrogens is 431 g/mol. The number of ether oxygens (including phenoxy) is 2. The maximum atomic E-state index is 14.0. The number of rotatable bonds is 9. The highest BCUT2D eigenvalue weighted by molar-refractivity contribution is 6.32. The molecular formula is C23H21Cl2F2NO2. The van der Waals surface area contributed by atoms with Crippen molar-refractivity contribution in [1.82, 2.24) is 5.32 Å². The van der Waals surface area contributed by atoms with Crippen LogP contribution >= 0.6 is 23.2 Å². The minimum absolute atomic E-state index is 0.0815. The molecule has 3 aromatic carbocycles. The van der Waals surface area contributed by atoms with Gasteiger partial charge in [-0.2, -0.15) is 0 Å². The molecule has 0 saturated heterocycles. The number of nitrogens with one attached hydrogen (secondary N) is 1. The van der Waals surface area contributed by atoms with Gasteiger partial charge in [0, 0.05) is 12.1 Å². The predicted octanol–water partition coefficient (Wildman–Crippen LogP) is 6.19. The molecule has 0 bridgehead atoms. The van der Waals surface area contributed by atoms with E-state index in [9.17, 15) is 8.78 Å². The van der Waals surface area contributed by atoms with Gasteiger partial charge in [-0.1, -0.05) is 47.5 Å².